The van der Waals surface area contributed by atoms with Gasteiger partial charge in [0.2, 0.25) is 0 Å². The van der Waals surface area contributed by atoms with Crippen LogP contribution in [0.3, 0.4) is 0 Å². The van der Waals surface area contributed by atoms with E-state index >= 15 is 0 Å². The topological polar surface area (TPSA) is 17.1 Å². The highest BCUT2D eigenvalue weighted by atomic mass is 16.1. The Balaban J connectivity index is 3.42. The van der Waals surface area contributed by atoms with Crippen LogP contribution >= 0.6 is 0 Å². The summed E-state index contributed by atoms with van der Waals surface area (Å²) in [5.41, 5.74) is 2.22. The summed E-state index contributed by atoms with van der Waals surface area (Å²) < 4.78 is 0. The molecule has 0 atom stereocenters. The average Bonchev–Trinajstić information content (AvgIpc) is 1.93. The lowest BCUT2D eigenvalue weighted by Gasteiger charge is -1.81. The molecule has 0 amide bonds. The first-order valence-corrected chi connectivity index (χ1v) is 3.27. The second-order valence-electron chi connectivity index (χ2n) is 2.51. The van der Waals surface area contributed by atoms with E-state index in [-0.39, 0.29) is 5.43 Å². The molecule has 0 aromatic heterocycles. The van der Waals surface area contributed by atoms with Gasteiger partial charge in [-0.1, -0.05) is 17.7 Å². The lowest BCUT2D eigenvalue weighted by molar-refractivity contribution is 1.43. The maximum Gasteiger partial charge on any atom is 0.178 e. The molecule has 0 aliphatic rings. The number of hydrogen-bond donors (Lipinski definition) is 0. The highest BCUT2D eigenvalue weighted by Gasteiger charge is 1.84. The first kappa shape index (κ1) is 7.00. The molecule has 0 aliphatic carbocycles. The van der Waals surface area contributed by atoms with Gasteiger partial charge in [0, 0.05) is 0 Å². The fraction of sp³-hybridized carbons (Fsp3) is 0.222. The molecule has 0 spiro atoms. The zero-order valence-electron chi connectivity index (χ0n) is 6.22. The number of hydrogen-bond acceptors (Lipinski definition) is 1. The van der Waals surface area contributed by atoms with Gasteiger partial charge in [-0.2, -0.15) is 0 Å². The minimum atomic E-state index is 0.0746. The summed E-state index contributed by atoms with van der Waals surface area (Å²) in [7, 11) is 0. The third kappa shape index (κ3) is 1.69. The highest BCUT2D eigenvalue weighted by molar-refractivity contribution is 5.19. The Morgan fingerprint density at radius 1 is 1.00 bits per heavy atom. The summed E-state index contributed by atoms with van der Waals surface area (Å²) in [5, 5.41) is 0. The second kappa shape index (κ2) is 2.65. The van der Waals surface area contributed by atoms with Gasteiger partial charge in [0.1, 0.15) is 0 Å². The third-order valence-corrected chi connectivity index (χ3v) is 1.34. The van der Waals surface area contributed by atoms with E-state index in [9.17, 15) is 4.79 Å². The summed E-state index contributed by atoms with van der Waals surface area (Å²) in [6.45, 7) is 3.90. The molecule has 0 bridgehead atoms. The van der Waals surface area contributed by atoms with Gasteiger partial charge in [0.25, 0.3) is 0 Å². The molecular formula is C9H10O. The van der Waals surface area contributed by atoms with Crippen molar-refractivity contribution in [1.29, 1.82) is 0 Å². The first-order chi connectivity index (χ1) is 4.68. The van der Waals surface area contributed by atoms with Crippen molar-refractivity contribution in [2.45, 2.75) is 13.8 Å². The van der Waals surface area contributed by atoms with E-state index in [1.165, 1.54) is 0 Å². The van der Waals surface area contributed by atoms with Crippen molar-refractivity contribution in [3.63, 3.8) is 0 Å². The lowest BCUT2D eigenvalue weighted by atomic mass is 10.2. The zero-order chi connectivity index (χ0) is 7.56. The Morgan fingerprint density at radius 2 is 1.70 bits per heavy atom. The van der Waals surface area contributed by atoms with E-state index in [0.717, 1.165) is 11.1 Å². The van der Waals surface area contributed by atoms with Gasteiger partial charge in [-0.25, -0.2) is 0 Å². The van der Waals surface area contributed by atoms with Crippen molar-refractivity contribution in [1.82, 2.24) is 0 Å². The molecule has 0 saturated heterocycles. The molecule has 1 aromatic rings. The van der Waals surface area contributed by atoms with Crippen molar-refractivity contribution < 1.29 is 0 Å². The maximum atomic E-state index is 10.8. The SMILES string of the molecule is Cc1ccc(=O)cc(C)c1. The molecule has 0 radical (unpaired) electrons. The van der Waals surface area contributed by atoms with Crippen molar-refractivity contribution in [3.05, 3.63) is 45.6 Å². The summed E-state index contributed by atoms with van der Waals surface area (Å²) in [6.07, 6.45) is 0. The molecule has 1 rings (SSSR count). The Morgan fingerprint density at radius 3 is 2.40 bits per heavy atom. The minimum Gasteiger partial charge on any atom is -0.290 e. The maximum absolute atomic E-state index is 10.8. The number of aryl methyl sites for hydroxylation is 2. The Bertz CT molecular complexity index is 289. The fourth-order valence-electron chi connectivity index (χ4n) is 0.935. The van der Waals surface area contributed by atoms with Gasteiger partial charge in [0.05, 0.1) is 0 Å². The molecule has 0 unspecified atom stereocenters. The molecule has 0 N–H and O–H groups in total. The van der Waals surface area contributed by atoms with Crippen LogP contribution in [0.25, 0.3) is 0 Å². The van der Waals surface area contributed by atoms with Crippen LogP contribution in [-0.4, -0.2) is 0 Å². The molecular weight excluding hydrogens is 124 g/mol. The van der Waals surface area contributed by atoms with Crippen molar-refractivity contribution in [3.8, 4) is 0 Å². The van der Waals surface area contributed by atoms with E-state index in [4.69, 9.17) is 0 Å². The van der Waals surface area contributed by atoms with E-state index in [1.807, 2.05) is 26.0 Å². The third-order valence-electron chi connectivity index (χ3n) is 1.34. The smallest absolute Gasteiger partial charge is 0.178 e. The first-order valence-electron chi connectivity index (χ1n) is 3.27. The van der Waals surface area contributed by atoms with Crippen LogP contribution in [0, 0.1) is 13.8 Å². The standard InChI is InChI=1S/C9H10O/c1-7-3-4-9(10)6-8(2)5-7/h3-6H,1-2H3. The lowest BCUT2D eigenvalue weighted by Crippen LogP contribution is -1.89. The molecule has 0 saturated carbocycles. The summed E-state index contributed by atoms with van der Waals surface area (Å²) >= 11 is 0. The summed E-state index contributed by atoms with van der Waals surface area (Å²) in [4.78, 5) is 10.8. The van der Waals surface area contributed by atoms with Crippen molar-refractivity contribution in [2.75, 3.05) is 0 Å². The normalized spacial score (nSPS) is 9.40. The van der Waals surface area contributed by atoms with Crippen molar-refractivity contribution >= 4 is 0 Å². The van der Waals surface area contributed by atoms with Gasteiger partial charge in [-0.15, -0.1) is 0 Å². The monoisotopic (exact) mass is 134 g/mol. The van der Waals surface area contributed by atoms with Crippen LogP contribution in [0.15, 0.2) is 29.1 Å². The molecule has 10 heavy (non-hydrogen) atoms. The summed E-state index contributed by atoms with van der Waals surface area (Å²) in [5.74, 6) is 0. The minimum absolute atomic E-state index is 0.0746. The molecule has 1 nitrogen and oxygen atoms in total. The van der Waals surface area contributed by atoms with Crippen LogP contribution in [0.5, 0.6) is 0 Å². The highest BCUT2D eigenvalue weighted by Crippen LogP contribution is 1.95. The van der Waals surface area contributed by atoms with E-state index in [2.05, 4.69) is 0 Å². The van der Waals surface area contributed by atoms with E-state index in [1.54, 1.807) is 12.1 Å². The largest absolute Gasteiger partial charge is 0.290 e. The van der Waals surface area contributed by atoms with Crippen LogP contribution in [0.4, 0.5) is 0 Å². The van der Waals surface area contributed by atoms with Gasteiger partial charge < -0.3 is 0 Å². The molecule has 0 heterocycles. The van der Waals surface area contributed by atoms with E-state index < -0.39 is 0 Å². The van der Waals surface area contributed by atoms with Gasteiger partial charge in [-0.3, -0.25) is 4.79 Å². The molecule has 52 valence electrons. The van der Waals surface area contributed by atoms with Gasteiger partial charge in [0.15, 0.2) is 5.43 Å². The predicted octanol–water partition coefficient (Wildman–Crippen LogP) is 1.66. The molecule has 0 aliphatic heterocycles. The van der Waals surface area contributed by atoms with Crippen LogP contribution in [0.1, 0.15) is 11.1 Å². The van der Waals surface area contributed by atoms with Crippen molar-refractivity contribution in [2.24, 2.45) is 0 Å². The quantitative estimate of drug-likeness (QED) is 0.527. The van der Waals surface area contributed by atoms with Crippen LogP contribution in [0.2, 0.25) is 0 Å². The molecule has 1 aromatic carbocycles. The van der Waals surface area contributed by atoms with Gasteiger partial charge in [-0.05, 0) is 31.5 Å². The Kier molecular flexibility index (Phi) is 1.86. The van der Waals surface area contributed by atoms with Crippen LogP contribution in [-0.2, 0) is 0 Å². The average molecular weight is 134 g/mol. The zero-order valence-corrected chi connectivity index (χ0v) is 6.22. The summed E-state index contributed by atoms with van der Waals surface area (Å²) in [6, 6.07) is 7.03. The predicted molar refractivity (Wildman–Crippen MR) is 42.2 cm³/mol. The molecule has 0 fully saturated rings. The van der Waals surface area contributed by atoms with Gasteiger partial charge >= 0.3 is 0 Å². The molecule has 1 heteroatoms. The second-order valence-corrected chi connectivity index (χ2v) is 2.51. The number of rotatable bonds is 0. The van der Waals surface area contributed by atoms with Crippen LogP contribution < -0.4 is 5.43 Å². The Hall–Kier alpha value is -1.11. The Labute approximate surface area is 60.3 Å². The van der Waals surface area contributed by atoms with E-state index in [0.29, 0.717) is 0 Å². The fourth-order valence-corrected chi connectivity index (χ4v) is 0.935.